The van der Waals surface area contributed by atoms with Gasteiger partial charge in [-0.15, -0.1) is 0 Å². The van der Waals surface area contributed by atoms with Crippen LogP contribution in [-0.2, 0) is 0 Å². The molecule has 0 aliphatic rings. The molecule has 0 aliphatic heterocycles. The van der Waals surface area contributed by atoms with Crippen LogP contribution in [0.15, 0.2) is 41.0 Å². The molecular weight excluding hydrogens is 289 g/mol. The van der Waals surface area contributed by atoms with Crippen LogP contribution >= 0.6 is 27.5 Å². The zero-order chi connectivity index (χ0) is 11.5. The van der Waals surface area contributed by atoms with E-state index in [1.807, 2.05) is 24.3 Å². The van der Waals surface area contributed by atoms with Crippen molar-refractivity contribution in [3.63, 3.8) is 0 Å². The average Bonchev–Trinajstić information content (AvgIpc) is 2.27. The average molecular weight is 299 g/mol. The summed E-state index contributed by atoms with van der Waals surface area (Å²) in [6.45, 7) is 0. The molecule has 2 aromatic rings. The van der Waals surface area contributed by atoms with E-state index in [-0.39, 0.29) is 0 Å². The van der Waals surface area contributed by atoms with E-state index in [0.717, 1.165) is 15.8 Å². The number of rotatable bonds is 2. The third kappa shape index (κ3) is 2.65. The highest BCUT2D eigenvalue weighted by molar-refractivity contribution is 9.10. The Morgan fingerprint density at radius 2 is 1.94 bits per heavy atom. The van der Waals surface area contributed by atoms with Crippen LogP contribution in [0.2, 0.25) is 5.02 Å². The number of hydrogen-bond donors (Lipinski definition) is 2. The van der Waals surface area contributed by atoms with E-state index in [2.05, 4.69) is 26.2 Å². The Hall–Kier alpha value is -1.26. The van der Waals surface area contributed by atoms with Crippen LogP contribution in [0.5, 0.6) is 0 Å². The molecule has 3 nitrogen and oxygen atoms in total. The molecule has 16 heavy (non-hydrogen) atoms. The van der Waals surface area contributed by atoms with E-state index in [1.54, 1.807) is 12.3 Å². The molecular formula is C11H9BrClN3. The second-order valence-electron chi connectivity index (χ2n) is 3.23. The first-order chi connectivity index (χ1) is 7.65. The molecule has 0 aliphatic carbocycles. The lowest BCUT2D eigenvalue weighted by atomic mass is 10.3. The van der Waals surface area contributed by atoms with Gasteiger partial charge in [0.15, 0.2) is 0 Å². The maximum absolute atomic E-state index is 5.90. The normalized spacial score (nSPS) is 10.1. The molecule has 0 unspecified atom stereocenters. The Kier molecular flexibility index (Phi) is 3.31. The van der Waals surface area contributed by atoms with E-state index in [9.17, 15) is 0 Å². The number of aromatic nitrogens is 1. The lowest BCUT2D eigenvalue weighted by Crippen LogP contribution is -1.93. The van der Waals surface area contributed by atoms with E-state index < -0.39 is 0 Å². The quantitative estimate of drug-likeness (QED) is 0.886. The Bertz CT molecular complexity index is 499. The number of anilines is 3. The smallest absolute Gasteiger partial charge is 0.123 e. The van der Waals surface area contributed by atoms with Crippen LogP contribution in [0, 0.1) is 0 Å². The van der Waals surface area contributed by atoms with E-state index in [1.165, 1.54) is 0 Å². The Labute approximate surface area is 107 Å². The van der Waals surface area contributed by atoms with Gasteiger partial charge in [-0.25, -0.2) is 4.98 Å². The van der Waals surface area contributed by atoms with Gasteiger partial charge in [0.25, 0.3) is 0 Å². The number of nitrogen functional groups attached to an aromatic ring is 1. The minimum atomic E-state index is 0.503. The highest BCUT2D eigenvalue weighted by Gasteiger charge is 1.99. The molecule has 0 radical (unpaired) electrons. The summed E-state index contributed by atoms with van der Waals surface area (Å²) in [5.74, 6) is 0.503. The van der Waals surface area contributed by atoms with E-state index in [0.29, 0.717) is 10.8 Å². The predicted octanol–water partition coefficient (Wildman–Crippen LogP) is 3.82. The van der Waals surface area contributed by atoms with Gasteiger partial charge in [-0.2, -0.15) is 0 Å². The number of benzene rings is 1. The van der Waals surface area contributed by atoms with Crippen LogP contribution in [0.1, 0.15) is 0 Å². The standard InChI is InChI=1S/C11H9BrClN3/c12-9-5-7(1-3-10(9)13)16-8-2-4-11(14)15-6-8/h1-6,16H,(H2,14,15). The summed E-state index contributed by atoms with van der Waals surface area (Å²) < 4.78 is 0.850. The summed E-state index contributed by atoms with van der Waals surface area (Å²) in [4.78, 5) is 3.99. The Morgan fingerprint density at radius 3 is 2.56 bits per heavy atom. The van der Waals surface area contributed by atoms with Crippen molar-refractivity contribution in [1.29, 1.82) is 0 Å². The molecule has 0 amide bonds. The minimum absolute atomic E-state index is 0.503. The van der Waals surface area contributed by atoms with Crippen molar-refractivity contribution in [1.82, 2.24) is 4.98 Å². The Morgan fingerprint density at radius 1 is 1.19 bits per heavy atom. The van der Waals surface area contributed by atoms with Gasteiger partial charge in [-0.05, 0) is 46.3 Å². The number of halogens is 2. The zero-order valence-corrected chi connectivity index (χ0v) is 10.6. The fraction of sp³-hybridized carbons (Fsp3) is 0. The van der Waals surface area contributed by atoms with E-state index >= 15 is 0 Å². The van der Waals surface area contributed by atoms with Gasteiger partial charge >= 0.3 is 0 Å². The van der Waals surface area contributed by atoms with Crippen molar-refractivity contribution in [3.8, 4) is 0 Å². The third-order valence-corrected chi connectivity index (χ3v) is 3.21. The third-order valence-electron chi connectivity index (χ3n) is 1.99. The highest BCUT2D eigenvalue weighted by Crippen LogP contribution is 2.27. The molecule has 82 valence electrons. The molecule has 0 saturated carbocycles. The van der Waals surface area contributed by atoms with Gasteiger partial charge in [0.2, 0.25) is 0 Å². The second kappa shape index (κ2) is 4.72. The van der Waals surface area contributed by atoms with Crippen LogP contribution in [0.25, 0.3) is 0 Å². The van der Waals surface area contributed by atoms with Gasteiger partial charge in [-0.1, -0.05) is 11.6 Å². The molecule has 2 rings (SSSR count). The summed E-state index contributed by atoms with van der Waals surface area (Å²) in [5, 5.41) is 3.87. The summed E-state index contributed by atoms with van der Waals surface area (Å²) in [6, 6.07) is 9.22. The highest BCUT2D eigenvalue weighted by atomic mass is 79.9. The molecule has 5 heteroatoms. The lowest BCUT2D eigenvalue weighted by molar-refractivity contribution is 1.33. The monoisotopic (exact) mass is 297 g/mol. The van der Waals surface area contributed by atoms with Crippen LogP contribution in [0.3, 0.4) is 0 Å². The zero-order valence-electron chi connectivity index (χ0n) is 8.24. The lowest BCUT2D eigenvalue weighted by Gasteiger charge is -2.07. The van der Waals surface area contributed by atoms with Crippen molar-refractivity contribution < 1.29 is 0 Å². The van der Waals surface area contributed by atoms with Crippen molar-refractivity contribution in [2.24, 2.45) is 0 Å². The molecule has 1 aromatic heterocycles. The molecule has 1 aromatic carbocycles. The van der Waals surface area contributed by atoms with Crippen molar-refractivity contribution >= 4 is 44.7 Å². The number of pyridine rings is 1. The van der Waals surface area contributed by atoms with Gasteiger partial charge in [-0.3, -0.25) is 0 Å². The molecule has 0 fully saturated rings. The predicted molar refractivity (Wildman–Crippen MR) is 71.1 cm³/mol. The van der Waals surface area contributed by atoms with Crippen LogP contribution < -0.4 is 11.1 Å². The maximum Gasteiger partial charge on any atom is 0.123 e. The second-order valence-corrected chi connectivity index (χ2v) is 4.49. The maximum atomic E-state index is 5.90. The van der Waals surface area contributed by atoms with Gasteiger partial charge in [0.1, 0.15) is 5.82 Å². The first-order valence-electron chi connectivity index (χ1n) is 4.59. The number of nitrogens with one attached hydrogen (secondary N) is 1. The molecule has 0 saturated heterocycles. The summed E-state index contributed by atoms with van der Waals surface area (Å²) in [6.07, 6.45) is 1.68. The van der Waals surface area contributed by atoms with Crippen molar-refractivity contribution in [2.45, 2.75) is 0 Å². The minimum Gasteiger partial charge on any atom is -0.384 e. The fourth-order valence-electron chi connectivity index (χ4n) is 1.22. The topological polar surface area (TPSA) is 50.9 Å². The molecule has 3 N–H and O–H groups in total. The largest absolute Gasteiger partial charge is 0.384 e. The number of nitrogens with two attached hydrogens (primary N) is 1. The van der Waals surface area contributed by atoms with Gasteiger partial charge < -0.3 is 11.1 Å². The van der Waals surface area contributed by atoms with Crippen LogP contribution in [-0.4, -0.2) is 4.98 Å². The van der Waals surface area contributed by atoms with Gasteiger partial charge in [0.05, 0.1) is 16.9 Å². The first-order valence-corrected chi connectivity index (χ1v) is 5.76. The number of hydrogen-bond acceptors (Lipinski definition) is 3. The summed E-state index contributed by atoms with van der Waals surface area (Å²) in [5.41, 5.74) is 7.31. The molecule has 0 bridgehead atoms. The fourth-order valence-corrected chi connectivity index (χ4v) is 1.72. The van der Waals surface area contributed by atoms with Crippen molar-refractivity contribution in [3.05, 3.63) is 46.0 Å². The summed E-state index contributed by atoms with van der Waals surface area (Å²) >= 11 is 9.26. The first kappa shape index (κ1) is 11.2. The van der Waals surface area contributed by atoms with Gasteiger partial charge in [0, 0.05) is 10.2 Å². The SMILES string of the molecule is Nc1ccc(Nc2ccc(Cl)c(Br)c2)cn1. The van der Waals surface area contributed by atoms with Crippen LogP contribution in [0.4, 0.5) is 17.2 Å². The molecule has 0 spiro atoms. The summed E-state index contributed by atoms with van der Waals surface area (Å²) in [7, 11) is 0. The molecule has 1 heterocycles. The Balaban J connectivity index is 2.20. The molecule has 0 atom stereocenters. The van der Waals surface area contributed by atoms with Crippen molar-refractivity contribution in [2.75, 3.05) is 11.1 Å². The van der Waals surface area contributed by atoms with E-state index in [4.69, 9.17) is 17.3 Å². The number of nitrogens with zero attached hydrogens (tertiary/aromatic N) is 1.